The van der Waals surface area contributed by atoms with Crippen molar-refractivity contribution in [1.82, 2.24) is 0 Å². The van der Waals surface area contributed by atoms with Gasteiger partial charge in [0, 0.05) is 16.7 Å². The summed E-state index contributed by atoms with van der Waals surface area (Å²) in [5, 5.41) is 2.88. The SMILES string of the molecule is O=C(COC(=O)COc1ccccc1Cl)Nc1cccc2c1C(=O)c1ccccc1C2=O. The van der Waals surface area contributed by atoms with Crippen LogP contribution in [0.15, 0.2) is 66.7 Å². The first kappa shape index (κ1) is 21.3. The molecule has 1 N–H and O–H groups in total. The average molecular weight is 450 g/mol. The van der Waals surface area contributed by atoms with Crippen molar-refractivity contribution in [2.45, 2.75) is 0 Å². The second kappa shape index (κ2) is 9.03. The summed E-state index contributed by atoms with van der Waals surface area (Å²) in [6, 6.07) is 17.7. The summed E-state index contributed by atoms with van der Waals surface area (Å²) in [5.41, 5.74) is 1.08. The van der Waals surface area contributed by atoms with Crippen molar-refractivity contribution in [3.63, 3.8) is 0 Å². The average Bonchev–Trinajstić information content (AvgIpc) is 2.80. The quantitative estimate of drug-likeness (QED) is 0.451. The van der Waals surface area contributed by atoms with E-state index in [-0.39, 0.29) is 33.9 Å². The standard InChI is InChI=1S/C24H16ClNO6/c25-17-9-3-4-11-19(17)31-13-21(28)32-12-20(27)26-18-10-5-8-16-22(18)24(30)15-7-2-1-6-14(15)23(16)29/h1-11H,12-13H2,(H,26,27). The van der Waals surface area contributed by atoms with Gasteiger partial charge in [0.05, 0.1) is 16.3 Å². The Morgan fingerprint density at radius 3 is 2.19 bits per heavy atom. The molecule has 3 aromatic carbocycles. The van der Waals surface area contributed by atoms with Crippen molar-refractivity contribution in [1.29, 1.82) is 0 Å². The fourth-order valence-corrected chi connectivity index (χ4v) is 3.51. The van der Waals surface area contributed by atoms with Crippen LogP contribution in [0.25, 0.3) is 0 Å². The topological polar surface area (TPSA) is 98.8 Å². The fraction of sp³-hybridized carbons (Fsp3) is 0.0833. The minimum atomic E-state index is -0.768. The number of rotatable bonds is 6. The molecule has 7 nitrogen and oxygen atoms in total. The Labute approximate surface area is 187 Å². The van der Waals surface area contributed by atoms with E-state index in [9.17, 15) is 19.2 Å². The molecule has 0 bridgehead atoms. The van der Waals surface area contributed by atoms with Gasteiger partial charge in [0.1, 0.15) is 5.75 Å². The van der Waals surface area contributed by atoms with Crippen molar-refractivity contribution >= 4 is 40.7 Å². The Balaban J connectivity index is 1.40. The maximum Gasteiger partial charge on any atom is 0.344 e. The molecule has 1 aliphatic carbocycles. The zero-order chi connectivity index (χ0) is 22.7. The molecule has 1 aliphatic rings. The first-order valence-electron chi connectivity index (χ1n) is 9.60. The summed E-state index contributed by atoms with van der Waals surface area (Å²) in [5.74, 6) is -1.78. The molecule has 0 aromatic heterocycles. The number of carbonyl (C=O) groups is 4. The lowest BCUT2D eigenvalue weighted by Crippen LogP contribution is -2.26. The molecular weight excluding hydrogens is 434 g/mol. The highest BCUT2D eigenvalue weighted by atomic mass is 35.5. The van der Waals surface area contributed by atoms with Crippen LogP contribution in [0.3, 0.4) is 0 Å². The third-order valence-corrected chi connectivity index (χ3v) is 5.09. The van der Waals surface area contributed by atoms with E-state index in [1.54, 1.807) is 54.6 Å². The number of para-hydroxylation sites is 1. The van der Waals surface area contributed by atoms with E-state index in [0.717, 1.165) is 0 Å². The number of halogens is 1. The maximum atomic E-state index is 13.0. The minimum Gasteiger partial charge on any atom is -0.480 e. The molecule has 0 saturated heterocycles. The van der Waals surface area contributed by atoms with Gasteiger partial charge in [0.25, 0.3) is 5.91 Å². The van der Waals surface area contributed by atoms with Crippen molar-refractivity contribution in [3.05, 3.63) is 94.0 Å². The molecule has 8 heteroatoms. The third kappa shape index (κ3) is 4.24. The number of amides is 1. The molecule has 3 aromatic rings. The normalized spacial score (nSPS) is 11.9. The highest BCUT2D eigenvalue weighted by Crippen LogP contribution is 2.31. The van der Waals surface area contributed by atoms with Crippen molar-refractivity contribution < 1.29 is 28.7 Å². The van der Waals surface area contributed by atoms with E-state index in [1.165, 1.54) is 12.1 Å². The van der Waals surface area contributed by atoms with Gasteiger partial charge in [0.2, 0.25) is 0 Å². The Kier molecular flexibility index (Phi) is 6.00. The smallest absolute Gasteiger partial charge is 0.344 e. The zero-order valence-corrected chi connectivity index (χ0v) is 17.3. The number of anilines is 1. The van der Waals surface area contributed by atoms with Gasteiger partial charge in [-0.25, -0.2) is 4.79 Å². The Morgan fingerprint density at radius 1 is 0.781 bits per heavy atom. The van der Waals surface area contributed by atoms with Gasteiger partial charge in [-0.15, -0.1) is 0 Å². The predicted octanol–water partition coefficient (Wildman–Crippen LogP) is 3.68. The lowest BCUT2D eigenvalue weighted by molar-refractivity contribution is -0.149. The number of carbonyl (C=O) groups excluding carboxylic acids is 4. The molecule has 0 atom stereocenters. The highest BCUT2D eigenvalue weighted by Gasteiger charge is 2.31. The fourth-order valence-electron chi connectivity index (χ4n) is 3.32. The molecule has 32 heavy (non-hydrogen) atoms. The monoisotopic (exact) mass is 449 g/mol. The van der Waals surface area contributed by atoms with Gasteiger partial charge < -0.3 is 14.8 Å². The number of hydrogen-bond donors (Lipinski definition) is 1. The van der Waals surface area contributed by atoms with Crippen LogP contribution in [0, 0.1) is 0 Å². The van der Waals surface area contributed by atoms with Gasteiger partial charge >= 0.3 is 5.97 Å². The van der Waals surface area contributed by atoms with E-state index in [4.69, 9.17) is 21.1 Å². The second-order valence-electron chi connectivity index (χ2n) is 6.86. The van der Waals surface area contributed by atoms with Crippen molar-refractivity contribution in [2.24, 2.45) is 0 Å². The number of nitrogens with one attached hydrogen (secondary N) is 1. The summed E-state index contributed by atoms with van der Waals surface area (Å²) in [6.07, 6.45) is 0. The van der Waals surface area contributed by atoms with Crippen LogP contribution in [0.2, 0.25) is 5.02 Å². The second-order valence-corrected chi connectivity index (χ2v) is 7.27. The molecule has 0 radical (unpaired) electrons. The van der Waals surface area contributed by atoms with Crippen LogP contribution in [-0.2, 0) is 14.3 Å². The summed E-state index contributed by atoms with van der Waals surface area (Å²) in [6.45, 7) is -1.02. The lowest BCUT2D eigenvalue weighted by atomic mass is 9.83. The van der Waals surface area contributed by atoms with Crippen LogP contribution in [0.4, 0.5) is 5.69 Å². The van der Waals surface area contributed by atoms with Gasteiger partial charge in [-0.1, -0.05) is 60.1 Å². The number of fused-ring (bicyclic) bond motifs is 2. The van der Waals surface area contributed by atoms with Crippen LogP contribution in [0.1, 0.15) is 31.8 Å². The largest absolute Gasteiger partial charge is 0.480 e. The number of hydrogen-bond acceptors (Lipinski definition) is 6. The molecule has 0 heterocycles. The van der Waals surface area contributed by atoms with Crippen LogP contribution in [-0.4, -0.2) is 36.7 Å². The molecule has 0 fully saturated rings. The molecule has 0 saturated carbocycles. The Bertz CT molecular complexity index is 1250. The van der Waals surface area contributed by atoms with Crippen LogP contribution in [0.5, 0.6) is 5.75 Å². The van der Waals surface area contributed by atoms with E-state index in [0.29, 0.717) is 16.3 Å². The number of ketones is 2. The molecular formula is C24H16ClNO6. The minimum absolute atomic E-state index is 0.109. The lowest BCUT2D eigenvalue weighted by Gasteiger charge is -2.20. The maximum absolute atomic E-state index is 13.0. The molecule has 0 aliphatic heterocycles. The van der Waals surface area contributed by atoms with Gasteiger partial charge in [0.15, 0.2) is 24.8 Å². The third-order valence-electron chi connectivity index (χ3n) is 4.77. The van der Waals surface area contributed by atoms with E-state index < -0.39 is 25.1 Å². The molecule has 0 spiro atoms. The van der Waals surface area contributed by atoms with Gasteiger partial charge in [-0.05, 0) is 18.2 Å². The van der Waals surface area contributed by atoms with E-state index in [2.05, 4.69) is 5.32 Å². The van der Waals surface area contributed by atoms with Crippen LogP contribution >= 0.6 is 11.6 Å². The first-order chi connectivity index (χ1) is 15.5. The molecule has 160 valence electrons. The molecule has 0 unspecified atom stereocenters. The molecule has 1 amide bonds. The number of esters is 1. The summed E-state index contributed by atoms with van der Waals surface area (Å²) in [7, 11) is 0. The van der Waals surface area contributed by atoms with Gasteiger partial charge in [-0.2, -0.15) is 0 Å². The number of ether oxygens (including phenoxy) is 2. The predicted molar refractivity (Wildman–Crippen MR) is 116 cm³/mol. The molecule has 4 rings (SSSR count). The van der Waals surface area contributed by atoms with Crippen LogP contribution < -0.4 is 10.1 Å². The Hall–Kier alpha value is -3.97. The summed E-state index contributed by atoms with van der Waals surface area (Å²) in [4.78, 5) is 49.9. The summed E-state index contributed by atoms with van der Waals surface area (Å²) >= 11 is 5.94. The first-order valence-corrected chi connectivity index (χ1v) is 9.97. The van der Waals surface area contributed by atoms with Crippen molar-refractivity contribution in [3.8, 4) is 5.75 Å². The zero-order valence-electron chi connectivity index (χ0n) is 16.6. The summed E-state index contributed by atoms with van der Waals surface area (Å²) < 4.78 is 10.2. The van der Waals surface area contributed by atoms with E-state index >= 15 is 0 Å². The Morgan fingerprint density at radius 2 is 1.44 bits per heavy atom. The van der Waals surface area contributed by atoms with E-state index in [1.807, 2.05) is 0 Å². The highest BCUT2D eigenvalue weighted by molar-refractivity contribution is 6.32. The number of benzene rings is 3. The van der Waals surface area contributed by atoms with Crippen molar-refractivity contribution in [2.75, 3.05) is 18.5 Å². The van der Waals surface area contributed by atoms with Gasteiger partial charge in [-0.3, -0.25) is 14.4 Å².